The third-order valence-corrected chi connectivity index (χ3v) is 4.53. The van der Waals surface area contributed by atoms with Crippen LogP contribution in [0.2, 0.25) is 0 Å². The van der Waals surface area contributed by atoms with Crippen molar-refractivity contribution in [2.24, 2.45) is 0 Å². The van der Waals surface area contributed by atoms with Gasteiger partial charge in [-0.1, -0.05) is 48.5 Å². The van der Waals surface area contributed by atoms with Gasteiger partial charge in [0.1, 0.15) is 12.4 Å². The van der Waals surface area contributed by atoms with Crippen molar-refractivity contribution in [2.75, 3.05) is 18.4 Å². The first-order chi connectivity index (χ1) is 14.8. The highest BCUT2D eigenvalue weighted by Crippen LogP contribution is 2.24. The highest BCUT2D eigenvalue weighted by molar-refractivity contribution is 5.94. The summed E-state index contributed by atoms with van der Waals surface area (Å²) in [6.07, 6.45) is 0. The average molecular weight is 420 g/mol. The van der Waals surface area contributed by atoms with E-state index in [0.717, 1.165) is 16.9 Å². The lowest BCUT2D eigenvalue weighted by molar-refractivity contribution is -0.116. The molecule has 0 fully saturated rings. The summed E-state index contributed by atoms with van der Waals surface area (Å²) in [6.45, 7) is 7.92. The van der Waals surface area contributed by atoms with E-state index in [1.165, 1.54) is 4.90 Å². The molecule has 7 nitrogen and oxygen atoms in total. The summed E-state index contributed by atoms with van der Waals surface area (Å²) < 4.78 is 1.70. The monoisotopic (exact) mass is 419 g/mol. The van der Waals surface area contributed by atoms with Crippen LogP contribution >= 0.6 is 0 Å². The number of hydrogen-bond donors (Lipinski definition) is 2. The lowest BCUT2D eigenvalue weighted by atomic mass is 10.1. The molecule has 7 heteroatoms. The molecule has 3 aromatic rings. The van der Waals surface area contributed by atoms with Gasteiger partial charge in [-0.15, -0.1) is 0 Å². The quantitative estimate of drug-likeness (QED) is 0.625. The van der Waals surface area contributed by atoms with Crippen LogP contribution in [0.25, 0.3) is 16.9 Å². The number of benzene rings is 2. The van der Waals surface area contributed by atoms with E-state index >= 15 is 0 Å². The van der Waals surface area contributed by atoms with E-state index in [1.54, 1.807) is 4.68 Å². The Morgan fingerprint density at radius 3 is 2.19 bits per heavy atom. The maximum absolute atomic E-state index is 12.8. The van der Waals surface area contributed by atoms with Crippen LogP contribution in [0, 0.1) is 0 Å². The first-order valence-corrected chi connectivity index (χ1v) is 10.3. The highest BCUT2D eigenvalue weighted by atomic mass is 16.2. The molecule has 1 aromatic heterocycles. The molecule has 0 aliphatic rings. The van der Waals surface area contributed by atoms with Gasteiger partial charge in [-0.05, 0) is 39.8 Å². The van der Waals surface area contributed by atoms with E-state index in [9.17, 15) is 9.59 Å². The maximum atomic E-state index is 12.8. The van der Waals surface area contributed by atoms with Gasteiger partial charge < -0.3 is 15.5 Å². The Kier molecular flexibility index (Phi) is 6.74. The normalized spacial score (nSPS) is 11.1. The number of para-hydroxylation sites is 1. The van der Waals surface area contributed by atoms with Gasteiger partial charge in [-0.3, -0.25) is 4.79 Å². The van der Waals surface area contributed by atoms with Crippen LogP contribution in [0.3, 0.4) is 0 Å². The molecule has 0 saturated heterocycles. The minimum atomic E-state index is -0.377. The van der Waals surface area contributed by atoms with Crippen molar-refractivity contribution in [3.63, 3.8) is 0 Å². The van der Waals surface area contributed by atoms with Gasteiger partial charge in [0.25, 0.3) is 0 Å². The Morgan fingerprint density at radius 1 is 1.00 bits per heavy atom. The number of aromatic nitrogens is 2. The summed E-state index contributed by atoms with van der Waals surface area (Å²) >= 11 is 0. The van der Waals surface area contributed by atoms with E-state index in [2.05, 4.69) is 10.6 Å². The fraction of sp³-hybridized carbons (Fsp3) is 0.292. The summed E-state index contributed by atoms with van der Waals surface area (Å²) in [6, 6.07) is 21.0. The molecule has 3 amide bonds. The van der Waals surface area contributed by atoms with Crippen LogP contribution in [0.15, 0.2) is 66.7 Å². The standard InChI is InChI=1S/C24H29N5O2/c1-5-28(23(31)26-24(2,3)4)17-22(30)25-21-16-20(18-12-8-6-9-13-18)27-29(21)19-14-10-7-11-15-19/h6-16H,5,17H2,1-4H3,(H,25,30)(H,26,31). The molecule has 0 bridgehead atoms. The first-order valence-electron chi connectivity index (χ1n) is 10.3. The van der Waals surface area contributed by atoms with Crippen molar-refractivity contribution in [3.8, 4) is 16.9 Å². The molecular weight excluding hydrogens is 390 g/mol. The highest BCUT2D eigenvalue weighted by Gasteiger charge is 2.21. The van der Waals surface area contributed by atoms with Gasteiger partial charge in [0.15, 0.2) is 0 Å². The maximum Gasteiger partial charge on any atom is 0.318 e. The van der Waals surface area contributed by atoms with Crippen LogP contribution < -0.4 is 10.6 Å². The molecule has 0 unspecified atom stereocenters. The zero-order valence-electron chi connectivity index (χ0n) is 18.4. The number of nitrogens with zero attached hydrogens (tertiary/aromatic N) is 3. The lowest BCUT2D eigenvalue weighted by Crippen LogP contribution is -2.50. The molecule has 0 radical (unpaired) electrons. The smallest absolute Gasteiger partial charge is 0.318 e. The molecule has 0 aliphatic carbocycles. The summed E-state index contributed by atoms with van der Waals surface area (Å²) in [7, 11) is 0. The summed E-state index contributed by atoms with van der Waals surface area (Å²) in [5.74, 6) is 0.255. The predicted octanol–water partition coefficient (Wildman–Crippen LogP) is 4.31. The largest absolute Gasteiger partial charge is 0.333 e. The van der Waals surface area contributed by atoms with Crippen molar-refractivity contribution in [3.05, 3.63) is 66.7 Å². The van der Waals surface area contributed by atoms with Crippen LogP contribution in [0.4, 0.5) is 10.6 Å². The predicted molar refractivity (Wildman–Crippen MR) is 123 cm³/mol. The zero-order chi connectivity index (χ0) is 22.4. The SMILES string of the molecule is CCN(CC(=O)Nc1cc(-c2ccccc2)nn1-c1ccccc1)C(=O)NC(C)(C)C. The van der Waals surface area contributed by atoms with Crippen LogP contribution in [-0.2, 0) is 4.79 Å². The number of urea groups is 1. The molecule has 162 valence electrons. The van der Waals surface area contributed by atoms with E-state index in [4.69, 9.17) is 5.10 Å². The number of carbonyl (C=O) groups excluding carboxylic acids is 2. The summed E-state index contributed by atoms with van der Waals surface area (Å²) in [4.78, 5) is 26.8. The van der Waals surface area contributed by atoms with Gasteiger partial charge in [0.05, 0.1) is 11.4 Å². The fourth-order valence-electron chi connectivity index (χ4n) is 3.07. The van der Waals surface area contributed by atoms with E-state index < -0.39 is 0 Å². The van der Waals surface area contributed by atoms with Crippen molar-refractivity contribution in [2.45, 2.75) is 33.2 Å². The van der Waals surface area contributed by atoms with Crippen LogP contribution in [0.1, 0.15) is 27.7 Å². The second-order valence-electron chi connectivity index (χ2n) is 8.27. The van der Waals surface area contributed by atoms with Crippen molar-refractivity contribution < 1.29 is 9.59 Å². The number of amides is 3. The molecule has 0 aliphatic heterocycles. The Morgan fingerprint density at radius 2 is 1.61 bits per heavy atom. The summed E-state index contributed by atoms with van der Waals surface area (Å²) in [5, 5.41) is 10.5. The molecular formula is C24H29N5O2. The minimum Gasteiger partial charge on any atom is -0.333 e. The number of carbonyl (C=O) groups is 2. The van der Waals surface area contributed by atoms with Gasteiger partial charge in [0.2, 0.25) is 5.91 Å². The molecule has 2 aromatic carbocycles. The Bertz CT molecular complexity index is 1020. The fourth-order valence-corrected chi connectivity index (χ4v) is 3.07. The second kappa shape index (κ2) is 9.47. The molecule has 3 rings (SSSR count). The molecule has 1 heterocycles. The van der Waals surface area contributed by atoms with Gasteiger partial charge in [0, 0.05) is 23.7 Å². The molecule has 0 saturated carbocycles. The third kappa shape index (κ3) is 5.94. The second-order valence-corrected chi connectivity index (χ2v) is 8.27. The topological polar surface area (TPSA) is 79.3 Å². The van der Waals surface area contributed by atoms with Crippen molar-refractivity contribution >= 4 is 17.8 Å². The van der Waals surface area contributed by atoms with E-state index in [-0.39, 0.29) is 24.0 Å². The Labute approximate surface area is 183 Å². The van der Waals surface area contributed by atoms with Crippen molar-refractivity contribution in [1.29, 1.82) is 0 Å². The molecule has 2 N–H and O–H groups in total. The summed E-state index contributed by atoms with van der Waals surface area (Å²) in [5.41, 5.74) is 2.15. The third-order valence-electron chi connectivity index (χ3n) is 4.53. The number of anilines is 1. The van der Waals surface area contributed by atoms with E-state index in [1.807, 2.05) is 94.4 Å². The van der Waals surface area contributed by atoms with Crippen LogP contribution in [-0.4, -0.2) is 45.2 Å². The van der Waals surface area contributed by atoms with Gasteiger partial charge >= 0.3 is 6.03 Å². The van der Waals surface area contributed by atoms with Gasteiger partial charge in [-0.25, -0.2) is 9.48 Å². The Hall–Kier alpha value is -3.61. The average Bonchev–Trinajstić information content (AvgIpc) is 3.15. The van der Waals surface area contributed by atoms with E-state index in [0.29, 0.717) is 12.4 Å². The number of hydrogen-bond acceptors (Lipinski definition) is 3. The molecule has 31 heavy (non-hydrogen) atoms. The van der Waals surface area contributed by atoms with Crippen LogP contribution in [0.5, 0.6) is 0 Å². The van der Waals surface area contributed by atoms with Gasteiger partial charge in [-0.2, -0.15) is 5.10 Å². The number of likely N-dealkylation sites (N-methyl/N-ethyl adjacent to an activating group) is 1. The van der Waals surface area contributed by atoms with Crippen molar-refractivity contribution in [1.82, 2.24) is 20.0 Å². The number of nitrogens with one attached hydrogen (secondary N) is 2. The lowest BCUT2D eigenvalue weighted by Gasteiger charge is -2.27. The molecule has 0 spiro atoms. The minimum absolute atomic E-state index is 0.0565. The zero-order valence-corrected chi connectivity index (χ0v) is 18.4. The Balaban J connectivity index is 1.83. The first kappa shape index (κ1) is 22.1. The number of rotatable bonds is 6. The molecule has 0 atom stereocenters.